The molecule has 0 N–H and O–H groups in total. The van der Waals surface area contributed by atoms with Crippen molar-refractivity contribution in [3.63, 3.8) is 0 Å². The molecule has 0 amide bonds. The zero-order chi connectivity index (χ0) is 24.6. The van der Waals surface area contributed by atoms with Crippen molar-refractivity contribution in [2.45, 2.75) is 25.7 Å². The minimum Gasteiger partial charge on any atom is -0.479 e. The van der Waals surface area contributed by atoms with Crippen molar-refractivity contribution in [3.8, 4) is 11.6 Å². The Morgan fingerprint density at radius 2 is 1.94 bits per heavy atom. The Kier molecular flexibility index (Phi) is 5.85. The quantitative estimate of drug-likeness (QED) is 0.417. The molecule has 0 fully saturated rings. The summed E-state index contributed by atoms with van der Waals surface area (Å²) in [4.78, 5) is 13.2. The molecule has 4 heterocycles. The van der Waals surface area contributed by atoms with Gasteiger partial charge in [0.1, 0.15) is 11.8 Å². The smallest absolute Gasteiger partial charge is 0.416 e. The van der Waals surface area contributed by atoms with Crippen molar-refractivity contribution in [3.05, 3.63) is 83.1 Å². The van der Waals surface area contributed by atoms with Gasteiger partial charge in [-0.2, -0.15) is 18.3 Å². The number of nitrogens with zero attached hydrogens (tertiary/aromatic N) is 6. The minimum absolute atomic E-state index is 0.0145. The predicted molar refractivity (Wildman–Crippen MR) is 121 cm³/mol. The number of halogens is 3. The molecule has 5 rings (SSSR count). The van der Waals surface area contributed by atoms with Crippen LogP contribution in [0.1, 0.15) is 40.3 Å². The number of hydrogen-bond donors (Lipinski definition) is 0. The molecule has 1 aliphatic rings. The molecule has 180 valence electrons. The Hall–Kier alpha value is -3.99. The van der Waals surface area contributed by atoms with Crippen molar-refractivity contribution in [1.82, 2.24) is 29.3 Å². The molecule has 8 nitrogen and oxygen atoms in total. The number of aromatic nitrogens is 6. The molecule has 11 heteroatoms. The topological polar surface area (TPSA) is 79.9 Å². The summed E-state index contributed by atoms with van der Waals surface area (Å²) in [7, 11) is 1.53. The highest BCUT2D eigenvalue weighted by atomic mass is 19.4. The van der Waals surface area contributed by atoms with E-state index in [1.165, 1.54) is 19.2 Å². The van der Waals surface area contributed by atoms with Gasteiger partial charge >= 0.3 is 6.18 Å². The van der Waals surface area contributed by atoms with Crippen LogP contribution in [0.3, 0.4) is 0 Å². The Balaban J connectivity index is 1.43. The number of fused-ring (bicyclic) bond motifs is 1. The normalized spacial score (nSPS) is 16.0. The monoisotopic (exact) mass is 482 g/mol. The van der Waals surface area contributed by atoms with Crippen molar-refractivity contribution in [2.75, 3.05) is 13.7 Å². The van der Waals surface area contributed by atoms with E-state index in [1.54, 1.807) is 29.2 Å². The number of methoxy groups -OCH3 is 1. The molecule has 35 heavy (non-hydrogen) atoms. The Morgan fingerprint density at radius 3 is 2.69 bits per heavy atom. The largest absolute Gasteiger partial charge is 0.479 e. The van der Waals surface area contributed by atoms with Gasteiger partial charge in [-0.3, -0.25) is 0 Å². The predicted octanol–water partition coefficient (Wildman–Crippen LogP) is 4.48. The van der Waals surface area contributed by atoms with E-state index < -0.39 is 17.8 Å². The first-order valence-corrected chi connectivity index (χ1v) is 10.8. The van der Waals surface area contributed by atoms with Crippen LogP contribution in [0.15, 0.2) is 48.9 Å². The number of imidazole rings is 1. The van der Waals surface area contributed by atoms with Crippen LogP contribution >= 0.6 is 0 Å². The van der Waals surface area contributed by atoms with Crippen molar-refractivity contribution >= 4 is 12.2 Å². The first kappa shape index (κ1) is 22.8. The average Bonchev–Trinajstić information content (AvgIpc) is 3.47. The maximum absolute atomic E-state index is 13.6. The van der Waals surface area contributed by atoms with Crippen LogP contribution in [0.25, 0.3) is 17.8 Å². The molecule has 4 aromatic rings. The molecule has 1 atom stereocenters. The summed E-state index contributed by atoms with van der Waals surface area (Å²) >= 11 is 0. The van der Waals surface area contributed by atoms with E-state index in [9.17, 15) is 13.2 Å². The van der Waals surface area contributed by atoms with E-state index in [-0.39, 0.29) is 12.2 Å². The van der Waals surface area contributed by atoms with Crippen LogP contribution in [0.5, 0.6) is 5.88 Å². The summed E-state index contributed by atoms with van der Waals surface area (Å²) in [6.07, 6.45) is 1.45. The lowest BCUT2D eigenvalue weighted by Gasteiger charge is -2.25. The standard InChI is InChI=1S/C24H21F3N6O2/c1-15-13-32(14-28-15)19-9-7-16(29-23(19)34-2)8-10-20-30-22-21(35-12-11-33(22)31-20)17-5-3-4-6-18(17)24(25,26)27/h3-10,13-14,21H,11-12H2,1-2H3/t21-/m0/s1. The lowest BCUT2D eigenvalue weighted by Crippen LogP contribution is -2.25. The van der Waals surface area contributed by atoms with Crippen molar-refractivity contribution in [2.24, 2.45) is 0 Å². The fraction of sp³-hybridized carbons (Fsp3) is 0.250. The number of ether oxygens (including phenoxy) is 2. The van der Waals surface area contributed by atoms with Crippen LogP contribution in [0.2, 0.25) is 0 Å². The second kappa shape index (κ2) is 8.99. The Morgan fingerprint density at radius 1 is 1.11 bits per heavy atom. The van der Waals surface area contributed by atoms with E-state index in [2.05, 4.69) is 20.1 Å². The molecule has 3 aromatic heterocycles. The second-order valence-corrected chi connectivity index (χ2v) is 7.91. The highest BCUT2D eigenvalue weighted by Gasteiger charge is 2.38. The molecular weight excluding hydrogens is 461 g/mol. The van der Waals surface area contributed by atoms with Crippen LogP contribution < -0.4 is 4.74 Å². The first-order chi connectivity index (χ1) is 16.8. The molecule has 1 aliphatic heterocycles. The molecule has 0 bridgehead atoms. The van der Waals surface area contributed by atoms with E-state index in [4.69, 9.17) is 9.47 Å². The molecule has 0 spiro atoms. The van der Waals surface area contributed by atoms with Crippen molar-refractivity contribution in [1.29, 1.82) is 0 Å². The van der Waals surface area contributed by atoms with Crippen LogP contribution in [0.4, 0.5) is 13.2 Å². The lowest BCUT2D eigenvalue weighted by atomic mass is 10.0. The number of aryl methyl sites for hydroxylation is 1. The van der Waals surface area contributed by atoms with Gasteiger partial charge in [0.25, 0.3) is 0 Å². The van der Waals surface area contributed by atoms with Gasteiger partial charge in [0.15, 0.2) is 11.6 Å². The number of pyridine rings is 1. The van der Waals surface area contributed by atoms with Gasteiger partial charge in [-0.05, 0) is 37.3 Å². The van der Waals surface area contributed by atoms with Gasteiger partial charge in [-0.15, -0.1) is 0 Å². The van der Waals surface area contributed by atoms with E-state index in [1.807, 2.05) is 29.8 Å². The zero-order valence-electron chi connectivity index (χ0n) is 18.9. The number of rotatable bonds is 5. The van der Waals surface area contributed by atoms with E-state index >= 15 is 0 Å². The highest BCUT2D eigenvalue weighted by Crippen LogP contribution is 2.38. The maximum atomic E-state index is 13.6. The van der Waals surface area contributed by atoms with E-state index in [0.717, 1.165) is 17.4 Å². The van der Waals surface area contributed by atoms with Gasteiger partial charge in [0.2, 0.25) is 5.88 Å². The third kappa shape index (κ3) is 4.54. The first-order valence-electron chi connectivity index (χ1n) is 10.8. The lowest BCUT2D eigenvalue weighted by molar-refractivity contribution is -0.139. The third-order valence-electron chi connectivity index (χ3n) is 5.54. The van der Waals surface area contributed by atoms with Crippen LogP contribution in [-0.2, 0) is 17.5 Å². The number of benzene rings is 1. The Labute approximate surface area is 198 Å². The van der Waals surface area contributed by atoms with Gasteiger partial charge in [0, 0.05) is 11.8 Å². The molecule has 1 aromatic carbocycles. The molecule has 0 radical (unpaired) electrons. The molecular formula is C24H21F3N6O2. The van der Waals surface area contributed by atoms with Crippen molar-refractivity contribution < 1.29 is 22.6 Å². The highest BCUT2D eigenvalue weighted by molar-refractivity contribution is 5.65. The van der Waals surface area contributed by atoms with Gasteiger partial charge < -0.3 is 14.0 Å². The fourth-order valence-electron chi connectivity index (χ4n) is 3.95. The summed E-state index contributed by atoms with van der Waals surface area (Å²) < 4.78 is 55.2. The summed E-state index contributed by atoms with van der Waals surface area (Å²) in [5.74, 6) is 1.08. The number of hydrogen-bond acceptors (Lipinski definition) is 6. The van der Waals surface area contributed by atoms with Crippen LogP contribution in [0, 0.1) is 6.92 Å². The van der Waals surface area contributed by atoms with Gasteiger partial charge in [-0.1, -0.05) is 18.2 Å². The van der Waals surface area contributed by atoms with Gasteiger partial charge in [-0.25, -0.2) is 19.6 Å². The SMILES string of the molecule is COc1nc(C=Cc2nc3n(n2)CCO[C@H]3c2ccccc2C(F)(F)F)ccc1-n1cnc(C)c1. The van der Waals surface area contributed by atoms with Gasteiger partial charge in [0.05, 0.1) is 43.5 Å². The minimum atomic E-state index is -4.50. The molecule has 0 saturated carbocycles. The van der Waals surface area contributed by atoms with E-state index in [0.29, 0.717) is 29.8 Å². The maximum Gasteiger partial charge on any atom is 0.416 e. The van der Waals surface area contributed by atoms with Crippen LogP contribution in [-0.4, -0.2) is 43.0 Å². The Bertz CT molecular complexity index is 1390. The number of alkyl halides is 3. The average molecular weight is 482 g/mol. The molecule has 0 unspecified atom stereocenters. The summed E-state index contributed by atoms with van der Waals surface area (Å²) in [5, 5.41) is 4.43. The summed E-state index contributed by atoms with van der Waals surface area (Å²) in [6.45, 7) is 2.51. The summed E-state index contributed by atoms with van der Waals surface area (Å²) in [6, 6.07) is 9.03. The second-order valence-electron chi connectivity index (χ2n) is 7.91. The molecule has 0 aliphatic carbocycles. The zero-order valence-corrected chi connectivity index (χ0v) is 18.9. The summed E-state index contributed by atoms with van der Waals surface area (Å²) in [5.41, 5.74) is 1.48. The third-order valence-corrected chi connectivity index (χ3v) is 5.54. The fourth-order valence-corrected chi connectivity index (χ4v) is 3.95. The molecule has 0 saturated heterocycles.